The van der Waals surface area contributed by atoms with E-state index >= 15 is 0 Å². The highest BCUT2D eigenvalue weighted by molar-refractivity contribution is 7.86. The van der Waals surface area contributed by atoms with Crippen LogP contribution in [0.25, 0.3) is 0 Å². The molecule has 1 aliphatic rings. The van der Waals surface area contributed by atoms with Crippen molar-refractivity contribution in [1.82, 2.24) is 0 Å². The molecular formula is C9H18O3S. The summed E-state index contributed by atoms with van der Waals surface area (Å²) in [7, 11) is -3.27. The number of rotatable bonds is 5. The first-order valence-corrected chi connectivity index (χ1v) is 6.73. The summed E-state index contributed by atoms with van der Waals surface area (Å²) in [6.07, 6.45) is 6.38. The van der Waals surface area contributed by atoms with E-state index in [0.717, 1.165) is 31.9 Å². The maximum atomic E-state index is 10.9. The van der Waals surface area contributed by atoms with Gasteiger partial charge >= 0.3 is 0 Å². The molecule has 0 aromatic heterocycles. The van der Waals surface area contributed by atoms with E-state index in [1.807, 2.05) is 0 Å². The Labute approximate surface area is 80.6 Å². The fourth-order valence-corrected chi connectivity index (χ4v) is 2.39. The average molecular weight is 206 g/mol. The lowest BCUT2D eigenvalue weighted by Gasteiger charge is -2.32. The summed E-state index contributed by atoms with van der Waals surface area (Å²) in [6.45, 7) is 2.05. The lowest BCUT2D eigenvalue weighted by Crippen LogP contribution is -2.31. The zero-order valence-corrected chi connectivity index (χ0v) is 9.14. The van der Waals surface area contributed by atoms with Crippen LogP contribution >= 0.6 is 0 Å². The first-order valence-electron chi connectivity index (χ1n) is 4.91. The Hall–Kier alpha value is -0.0900. The summed E-state index contributed by atoms with van der Waals surface area (Å²) in [5, 5.41) is 0. The number of hydrogen-bond acceptors (Lipinski definition) is 3. The first-order chi connectivity index (χ1) is 6.03. The van der Waals surface area contributed by atoms with Crippen LogP contribution in [-0.2, 0) is 14.3 Å². The Bertz CT molecular complexity index is 242. The molecule has 0 aliphatic heterocycles. The van der Waals surface area contributed by atoms with E-state index in [4.69, 9.17) is 4.18 Å². The van der Waals surface area contributed by atoms with Crippen LogP contribution in [0, 0.1) is 5.92 Å². The van der Waals surface area contributed by atoms with Crippen molar-refractivity contribution in [3.8, 4) is 0 Å². The highest BCUT2D eigenvalue weighted by Crippen LogP contribution is 2.33. The molecule has 1 rings (SSSR count). The van der Waals surface area contributed by atoms with E-state index in [-0.39, 0.29) is 6.10 Å². The quantitative estimate of drug-likeness (QED) is 0.646. The summed E-state index contributed by atoms with van der Waals surface area (Å²) >= 11 is 0. The van der Waals surface area contributed by atoms with Crippen molar-refractivity contribution in [3.63, 3.8) is 0 Å². The summed E-state index contributed by atoms with van der Waals surface area (Å²) in [4.78, 5) is 0. The molecule has 0 bridgehead atoms. The molecule has 3 nitrogen and oxygen atoms in total. The van der Waals surface area contributed by atoms with Crippen LogP contribution in [0.5, 0.6) is 0 Å². The number of hydrogen-bond donors (Lipinski definition) is 0. The van der Waals surface area contributed by atoms with Crippen molar-refractivity contribution in [3.05, 3.63) is 0 Å². The second-order valence-electron chi connectivity index (χ2n) is 3.82. The molecule has 1 saturated carbocycles. The Morgan fingerprint density at radius 2 is 2.08 bits per heavy atom. The minimum Gasteiger partial charge on any atom is -0.267 e. The Balaban J connectivity index is 2.46. The second kappa shape index (κ2) is 4.42. The summed E-state index contributed by atoms with van der Waals surface area (Å²) in [6, 6.07) is 0. The van der Waals surface area contributed by atoms with Gasteiger partial charge in [0.05, 0.1) is 12.4 Å². The molecule has 0 saturated heterocycles. The van der Waals surface area contributed by atoms with Gasteiger partial charge in [-0.3, -0.25) is 4.18 Å². The fraction of sp³-hybridized carbons (Fsp3) is 1.00. The van der Waals surface area contributed by atoms with Crippen molar-refractivity contribution in [2.75, 3.05) is 6.26 Å². The van der Waals surface area contributed by atoms with Gasteiger partial charge < -0.3 is 0 Å². The molecule has 4 heteroatoms. The van der Waals surface area contributed by atoms with Crippen molar-refractivity contribution in [1.29, 1.82) is 0 Å². The van der Waals surface area contributed by atoms with Gasteiger partial charge in [-0.25, -0.2) is 0 Å². The minimum atomic E-state index is -3.27. The lowest BCUT2D eigenvalue weighted by molar-refractivity contribution is 0.0829. The van der Waals surface area contributed by atoms with E-state index in [9.17, 15) is 8.42 Å². The van der Waals surface area contributed by atoms with Crippen molar-refractivity contribution in [2.24, 2.45) is 5.92 Å². The molecule has 1 unspecified atom stereocenters. The van der Waals surface area contributed by atoms with Gasteiger partial charge in [-0.2, -0.15) is 8.42 Å². The molecule has 0 N–H and O–H groups in total. The SMILES string of the molecule is CCCC(OS(C)(=O)=O)C1CCC1. The van der Waals surface area contributed by atoms with Gasteiger partial charge in [0.25, 0.3) is 10.1 Å². The van der Waals surface area contributed by atoms with E-state index < -0.39 is 10.1 Å². The molecule has 0 aromatic carbocycles. The third-order valence-corrected chi connectivity index (χ3v) is 3.14. The molecular weight excluding hydrogens is 188 g/mol. The molecule has 0 heterocycles. The topological polar surface area (TPSA) is 43.4 Å². The van der Waals surface area contributed by atoms with Gasteiger partial charge in [-0.1, -0.05) is 19.8 Å². The highest BCUT2D eigenvalue weighted by Gasteiger charge is 2.29. The Kier molecular flexibility index (Phi) is 3.74. The molecule has 0 radical (unpaired) electrons. The van der Waals surface area contributed by atoms with Gasteiger partial charge in [0.2, 0.25) is 0 Å². The zero-order valence-electron chi connectivity index (χ0n) is 8.32. The minimum absolute atomic E-state index is 0.0613. The summed E-state index contributed by atoms with van der Waals surface area (Å²) < 4.78 is 26.9. The summed E-state index contributed by atoms with van der Waals surface area (Å²) in [5.74, 6) is 0.481. The van der Waals surface area contributed by atoms with E-state index in [1.54, 1.807) is 0 Å². The smallest absolute Gasteiger partial charge is 0.264 e. The van der Waals surface area contributed by atoms with Crippen LogP contribution in [0.15, 0.2) is 0 Å². The van der Waals surface area contributed by atoms with Crippen LogP contribution in [-0.4, -0.2) is 20.8 Å². The van der Waals surface area contributed by atoms with Crippen molar-refractivity contribution >= 4 is 10.1 Å². The molecule has 0 aromatic rings. The van der Waals surface area contributed by atoms with E-state index in [2.05, 4.69) is 6.92 Å². The highest BCUT2D eigenvalue weighted by atomic mass is 32.2. The maximum absolute atomic E-state index is 10.9. The Morgan fingerprint density at radius 1 is 1.46 bits per heavy atom. The Morgan fingerprint density at radius 3 is 2.38 bits per heavy atom. The van der Waals surface area contributed by atoms with E-state index in [0.29, 0.717) is 5.92 Å². The second-order valence-corrected chi connectivity index (χ2v) is 5.42. The molecule has 78 valence electrons. The van der Waals surface area contributed by atoms with Crippen LogP contribution < -0.4 is 0 Å². The maximum Gasteiger partial charge on any atom is 0.264 e. The van der Waals surface area contributed by atoms with Gasteiger partial charge in [0.15, 0.2) is 0 Å². The zero-order chi connectivity index (χ0) is 9.90. The van der Waals surface area contributed by atoms with Crippen molar-refractivity contribution in [2.45, 2.75) is 45.1 Å². The van der Waals surface area contributed by atoms with Gasteiger partial charge in [0.1, 0.15) is 0 Å². The predicted octanol–water partition coefficient (Wildman–Crippen LogP) is 1.93. The van der Waals surface area contributed by atoms with Crippen LogP contribution in [0.1, 0.15) is 39.0 Å². The molecule has 1 atom stereocenters. The monoisotopic (exact) mass is 206 g/mol. The molecule has 13 heavy (non-hydrogen) atoms. The fourth-order valence-electron chi connectivity index (χ4n) is 1.68. The molecule has 1 fully saturated rings. The lowest BCUT2D eigenvalue weighted by atomic mass is 9.80. The van der Waals surface area contributed by atoms with Crippen LogP contribution in [0.2, 0.25) is 0 Å². The van der Waals surface area contributed by atoms with Crippen molar-refractivity contribution < 1.29 is 12.6 Å². The molecule has 0 amide bonds. The van der Waals surface area contributed by atoms with E-state index in [1.165, 1.54) is 6.42 Å². The third kappa shape index (κ3) is 3.65. The molecule has 1 aliphatic carbocycles. The summed E-state index contributed by atoms with van der Waals surface area (Å²) in [5.41, 5.74) is 0. The van der Waals surface area contributed by atoms with Gasteiger partial charge in [0, 0.05) is 0 Å². The van der Waals surface area contributed by atoms with Gasteiger partial charge in [-0.05, 0) is 25.2 Å². The van der Waals surface area contributed by atoms with Crippen LogP contribution in [0.3, 0.4) is 0 Å². The largest absolute Gasteiger partial charge is 0.267 e. The standard InChI is InChI=1S/C9H18O3S/c1-3-5-9(8-6-4-7-8)12-13(2,10)11/h8-9H,3-7H2,1-2H3. The van der Waals surface area contributed by atoms with Crippen LogP contribution in [0.4, 0.5) is 0 Å². The normalized spacial score (nSPS) is 21.1. The third-order valence-electron chi connectivity index (χ3n) is 2.55. The predicted molar refractivity (Wildman–Crippen MR) is 52.0 cm³/mol. The average Bonchev–Trinajstić information content (AvgIpc) is 1.79. The van der Waals surface area contributed by atoms with Gasteiger partial charge in [-0.15, -0.1) is 0 Å². The molecule has 0 spiro atoms. The first kappa shape index (κ1) is 11.0.